The van der Waals surface area contributed by atoms with Gasteiger partial charge in [0.25, 0.3) is 0 Å². The number of rotatable bonds is 1. The van der Waals surface area contributed by atoms with Gasteiger partial charge in [-0.1, -0.05) is 29.8 Å². The molecule has 0 radical (unpaired) electrons. The van der Waals surface area contributed by atoms with Gasteiger partial charge in [-0.2, -0.15) is 0 Å². The maximum absolute atomic E-state index is 11.4. The number of aromatic hydroxyl groups is 1. The highest BCUT2D eigenvalue weighted by Gasteiger charge is 2.08. The standard InChI is InChI=1S/C13H12O3/c1-8-3-5-10(6-4-8)12-7-11(14)13(15)9(2)16-12/h3-7,15H,1-2H3. The number of hydrogen-bond acceptors (Lipinski definition) is 3. The summed E-state index contributed by atoms with van der Waals surface area (Å²) in [7, 11) is 0. The fourth-order valence-corrected chi connectivity index (χ4v) is 1.46. The van der Waals surface area contributed by atoms with Crippen LogP contribution in [0.1, 0.15) is 11.3 Å². The average Bonchev–Trinajstić information content (AvgIpc) is 2.26. The predicted octanol–water partition coefficient (Wildman–Crippen LogP) is 2.63. The molecule has 0 spiro atoms. The third-order valence-electron chi connectivity index (χ3n) is 2.43. The fraction of sp³-hybridized carbons (Fsp3) is 0.154. The summed E-state index contributed by atoms with van der Waals surface area (Å²) in [5.74, 6) is 0.388. The van der Waals surface area contributed by atoms with Crippen molar-refractivity contribution < 1.29 is 9.52 Å². The molecule has 16 heavy (non-hydrogen) atoms. The highest BCUT2D eigenvalue weighted by molar-refractivity contribution is 5.58. The first kappa shape index (κ1) is 10.5. The zero-order valence-corrected chi connectivity index (χ0v) is 9.15. The highest BCUT2D eigenvalue weighted by Crippen LogP contribution is 2.22. The first-order valence-corrected chi connectivity index (χ1v) is 4.98. The lowest BCUT2D eigenvalue weighted by atomic mass is 10.1. The summed E-state index contributed by atoms with van der Waals surface area (Å²) in [5.41, 5.74) is 1.55. The molecule has 2 aromatic rings. The molecule has 82 valence electrons. The maximum atomic E-state index is 11.4. The summed E-state index contributed by atoms with van der Waals surface area (Å²) < 4.78 is 5.36. The van der Waals surface area contributed by atoms with E-state index >= 15 is 0 Å². The summed E-state index contributed by atoms with van der Waals surface area (Å²) in [6.45, 7) is 3.55. The van der Waals surface area contributed by atoms with Crippen molar-refractivity contribution in [1.29, 1.82) is 0 Å². The van der Waals surface area contributed by atoms with E-state index in [9.17, 15) is 9.90 Å². The van der Waals surface area contributed by atoms with Crippen LogP contribution in [0.4, 0.5) is 0 Å². The maximum Gasteiger partial charge on any atom is 0.227 e. The lowest BCUT2D eigenvalue weighted by Crippen LogP contribution is -2.00. The van der Waals surface area contributed by atoms with Gasteiger partial charge in [-0.3, -0.25) is 4.79 Å². The van der Waals surface area contributed by atoms with E-state index in [0.29, 0.717) is 5.76 Å². The van der Waals surface area contributed by atoms with Crippen LogP contribution in [0.25, 0.3) is 11.3 Å². The second kappa shape index (κ2) is 3.85. The van der Waals surface area contributed by atoms with E-state index in [1.165, 1.54) is 6.07 Å². The average molecular weight is 216 g/mol. The first-order chi connectivity index (χ1) is 7.58. The molecule has 1 N–H and O–H groups in total. The molecule has 0 atom stereocenters. The summed E-state index contributed by atoms with van der Waals surface area (Å²) in [6, 6.07) is 8.94. The van der Waals surface area contributed by atoms with E-state index in [1.54, 1.807) is 6.92 Å². The minimum Gasteiger partial charge on any atom is -0.502 e. The molecule has 1 aromatic carbocycles. The summed E-state index contributed by atoms with van der Waals surface area (Å²) in [6.07, 6.45) is 0. The zero-order chi connectivity index (χ0) is 11.7. The van der Waals surface area contributed by atoms with Gasteiger partial charge in [0.1, 0.15) is 11.5 Å². The summed E-state index contributed by atoms with van der Waals surface area (Å²) in [4.78, 5) is 11.4. The molecule has 0 aliphatic heterocycles. The van der Waals surface area contributed by atoms with Crippen molar-refractivity contribution in [3.63, 3.8) is 0 Å². The Balaban J connectivity index is 2.57. The largest absolute Gasteiger partial charge is 0.502 e. The molecule has 2 rings (SSSR count). The minimum atomic E-state index is -0.417. The van der Waals surface area contributed by atoms with Crippen molar-refractivity contribution in [3.05, 3.63) is 51.9 Å². The van der Waals surface area contributed by atoms with Crippen LogP contribution in [0.15, 0.2) is 39.5 Å². The van der Waals surface area contributed by atoms with E-state index in [0.717, 1.165) is 11.1 Å². The minimum absolute atomic E-state index is 0.239. The molecule has 0 saturated heterocycles. The van der Waals surface area contributed by atoms with Gasteiger partial charge in [-0.15, -0.1) is 0 Å². The van der Waals surface area contributed by atoms with Gasteiger partial charge in [0, 0.05) is 11.6 Å². The van der Waals surface area contributed by atoms with Crippen LogP contribution in [0, 0.1) is 13.8 Å². The van der Waals surface area contributed by atoms with E-state index in [-0.39, 0.29) is 11.5 Å². The van der Waals surface area contributed by atoms with Gasteiger partial charge in [0.2, 0.25) is 11.2 Å². The Hall–Kier alpha value is -2.03. The van der Waals surface area contributed by atoms with Crippen molar-refractivity contribution >= 4 is 0 Å². The summed E-state index contributed by atoms with van der Waals surface area (Å²) in [5, 5.41) is 9.32. The van der Waals surface area contributed by atoms with E-state index in [1.807, 2.05) is 31.2 Å². The van der Waals surface area contributed by atoms with Crippen LogP contribution in [0.3, 0.4) is 0 Å². The van der Waals surface area contributed by atoms with Crippen LogP contribution < -0.4 is 5.43 Å². The highest BCUT2D eigenvalue weighted by atomic mass is 16.4. The van der Waals surface area contributed by atoms with Gasteiger partial charge in [0.15, 0.2) is 0 Å². The third-order valence-corrected chi connectivity index (χ3v) is 2.43. The smallest absolute Gasteiger partial charge is 0.227 e. The Morgan fingerprint density at radius 2 is 1.75 bits per heavy atom. The van der Waals surface area contributed by atoms with Gasteiger partial charge >= 0.3 is 0 Å². The van der Waals surface area contributed by atoms with Gasteiger partial charge in [-0.25, -0.2) is 0 Å². The number of aryl methyl sites for hydroxylation is 2. The molecule has 3 heteroatoms. The van der Waals surface area contributed by atoms with Crippen molar-refractivity contribution in [2.24, 2.45) is 0 Å². The normalized spacial score (nSPS) is 10.4. The van der Waals surface area contributed by atoms with Crippen LogP contribution in [0.2, 0.25) is 0 Å². The van der Waals surface area contributed by atoms with Crippen LogP contribution in [-0.2, 0) is 0 Å². The molecule has 0 aliphatic carbocycles. The van der Waals surface area contributed by atoms with Gasteiger partial charge in [0.05, 0.1) is 0 Å². The Kier molecular flexibility index (Phi) is 2.52. The lowest BCUT2D eigenvalue weighted by molar-refractivity contribution is 0.417. The first-order valence-electron chi connectivity index (χ1n) is 4.98. The van der Waals surface area contributed by atoms with Crippen LogP contribution in [-0.4, -0.2) is 5.11 Å². The molecular formula is C13H12O3. The quantitative estimate of drug-likeness (QED) is 0.797. The van der Waals surface area contributed by atoms with Gasteiger partial charge < -0.3 is 9.52 Å². The van der Waals surface area contributed by atoms with Crippen molar-refractivity contribution in [2.75, 3.05) is 0 Å². The Labute approximate surface area is 93.0 Å². The fourth-order valence-electron chi connectivity index (χ4n) is 1.46. The Bertz CT molecular complexity index is 565. The monoisotopic (exact) mass is 216 g/mol. The van der Waals surface area contributed by atoms with E-state index in [4.69, 9.17) is 4.42 Å². The topological polar surface area (TPSA) is 50.4 Å². The number of benzene rings is 1. The zero-order valence-electron chi connectivity index (χ0n) is 9.15. The van der Waals surface area contributed by atoms with E-state index in [2.05, 4.69) is 0 Å². The molecule has 0 bridgehead atoms. The molecule has 0 saturated carbocycles. The van der Waals surface area contributed by atoms with Crippen molar-refractivity contribution in [2.45, 2.75) is 13.8 Å². The summed E-state index contributed by atoms with van der Waals surface area (Å²) >= 11 is 0. The molecular weight excluding hydrogens is 204 g/mol. The van der Waals surface area contributed by atoms with Crippen LogP contribution >= 0.6 is 0 Å². The van der Waals surface area contributed by atoms with Crippen LogP contribution in [0.5, 0.6) is 5.75 Å². The predicted molar refractivity (Wildman–Crippen MR) is 61.6 cm³/mol. The lowest BCUT2D eigenvalue weighted by Gasteiger charge is -2.03. The number of hydrogen-bond donors (Lipinski definition) is 1. The second-order valence-electron chi connectivity index (χ2n) is 3.75. The molecule has 0 aliphatic rings. The SMILES string of the molecule is Cc1ccc(-c2cc(=O)c(O)c(C)o2)cc1. The van der Waals surface area contributed by atoms with E-state index < -0.39 is 5.43 Å². The third kappa shape index (κ3) is 1.84. The Morgan fingerprint density at radius 3 is 2.31 bits per heavy atom. The van der Waals surface area contributed by atoms with Crippen molar-refractivity contribution in [3.8, 4) is 17.1 Å². The molecule has 3 nitrogen and oxygen atoms in total. The van der Waals surface area contributed by atoms with Crippen molar-refractivity contribution in [1.82, 2.24) is 0 Å². The molecule has 0 fully saturated rings. The molecule has 1 heterocycles. The molecule has 0 unspecified atom stereocenters. The Morgan fingerprint density at radius 1 is 1.12 bits per heavy atom. The molecule has 0 amide bonds. The van der Waals surface area contributed by atoms with Gasteiger partial charge in [-0.05, 0) is 13.8 Å². The molecule has 1 aromatic heterocycles. The second-order valence-corrected chi connectivity index (χ2v) is 3.75.